The molecule has 0 atom stereocenters. The summed E-state index contributed by atoms with van der Waals surface area (Å²) in [7, 11) is 1.54. The van der Waals surface area contributed by atoms with Gasteiger partial charge >= 0.3 is 6.01 Å². The number of anilines is 1. The lowest BCUT2D eigenvalue weighted by atomic mass is 10.1. The van der Waals surface area contributed by atoms with Crippen LogP contribution in [-0.2, 0) is 11.3 Å². The summed E-state index contributed by atoms with van der Waals surface area (Å²) in [6.45, 7) is 7.75. The van der Waals surface area contributed by atoms with Gasteiger partial charge in [-0.2, -0.15) is 9.97 Å². The average molecular weight is 486 g/mol. The number of nitrogens with one attached hydrogen (secondary N) is 1. The molecule has 2 aromatic heterocycles. The number of benzene rings is 1. The number of morpholine rings is 1. The van der Waals surface area contributed by atoms with Crippen molar-refractivity contribution in [3.05, 3.63) is 40.2 Å². The van der Waals surface area contributed by atoms with Crippen LogP contribution in [0.15, 0.2) is 24.5 Å². The molecule has 12 heteroatoms. The van der Waals surface area contributed by atoms with Crippen LogP contribution in [0.5, 0.6) is 11.8 Å². The van der Waals surface area contributed by atoms with Crippen LogP contribution in [0.2, 0.25) is 0 Å². The lowest BCUT2D eigenvalue weighted by Gasteiger charge is -2.26. The van der Waals surface area contributed by atoms with Gasteiger partial charge in [-0.15, -0.1) is 0 Å². The molecule has 1 aromatic carbocycles. The third-order valence-corrected chi connectivity index (χ3v) is 5.81. The van der Waals surface area contributed by atoms with E-state index in [2.05, 4.69) is 32.1 Å². The summed E-state index contributed by atoms with van der Waals surface area (Å²) in [4.78, 5) is 26.9. The number of ether oxygens (including phenoxy) is 3. The number of hydrogen-bond donors (Lipinski definition) is 1. The van der Waals surface area contributed by atoms with Crippen LogP contribution in [-0.4, -0.2) is 82.5 Å². The summed E-state index contributed by atoms with van der Waals surface area (Å²) in [5.74, 6) is 1.15. The van der Waals surface area contributed by atoms with Gasteiger partial charge in [0.2, 0.25) is 0 Å². The maximum absolute atomic E-state index is 11.3. The number of imidazole rings is 1. The van der Waals surface area contributed by atoms with E-state index in [1.165, 1.54) is 19.2 Å². The highest BCUT2D eigenvalue weighted by molar-refractivity contribution is 5.83. The van der Waals surface area contributed by atoms with Crippen molar-refractivity contribution in [3.63, 3.8) is 0 Å². The van der Waals surface area contributed by atoms with Gasteiger partial charge in [0.25, 0.3) is 5.69 Å². The number of nitrogens with zero attached hydrogens (tertiary/aromatic N) is 6. The van der Waals surface area contributed by atoms with E-state index in [4.69, 9.17) is 14.2 Å². The van der Waals surface area contributed by atoms with E-state index in [0.29, 0.717) is 48.0 Å². The fourth-order valence-corrected chi connectivity index (χ4v) is 3.88. The number of methoxy groups -OCH3 is 1. The van der Waals surface area contributed by atoms with Crippen LogP contribution in [0.1, 0.15) is 25.3 Å². The first-order valence-corrected chi connectivity index (χ1v) is 11.8. The fourth-order valence-electron chi connectivity index (χ4n) is 3.88. The van der Waals surface area contributed by atoms with Crippen molar-refractivity contribution in [2.24, 2.45) is 0 Å². The van der Waals surface area contributed by atoms with E-state index in [1.54, 1.807) is 12.4 Å². The number of aromatic nitrogens is 4. The third-order valence-electron chi connectivity index (χ3n) is 5.81. The Bertz CT molecular complexity index is 1150. The standard InChI is InChI=1S/C23H31N7O5/c1-3-4-11-35-23-26-21(24-7-8-28-9-12-34-13-10-28)20-22(27-23)29(16-25-20)15-17-14-18(30(31)32)5-6-19(17)33-2/h5-6,14,16H,3-4,7-13,15H2,1-2H3,(H,24,26,27). The second kappa shape index (κ2) is 11.8. The number of hydrogen-bond acceptors (Lipinski definition) is 10. The Kier molecular flexibility index (Phi) is 8.27. The molecular formula is C23H31N7O5. The highest BCUT2D eigenvalue weighted by Crippen LogP contribution is 2.27. The summed E-state index contributed by atoms with van der Waals surface area (Å²) in [6.07, 6.45) is 3.54. The molecule has 1 aliphatic rings. The zero-order valence-electron chi connectivity index (χ0n) is 20.1. The molecule has 0 bridgehead atoms. The molecule has 1 saturated heterocycles. The minimum absolute atomic E-state index is 0.00565. The lowest BCUT2D eigenvalue weighted by molar-refractivity contribution is -0.384. The molecule has 188 valence electrons. The van der Waals surface area contributed by atoms with Crippen LogP contribution < -0.4 is 14.8 Å². The Morgan fingerprint density at radius 3 is 2.83 bits per heavy atom. The monoisotopic (exact) mass is 485 g/mol. The SMILES string of the molecule is CCCCOc1nc(NCCN2CCOCC2)c2ncn(Cc3cc([N+](=O)[O-])ccc3OC)c2n1. The summed E-state index contributed by atoms with van der Waals surface area (Å²) in [6, 6.07) is 4.80. The largest absolute Gasteiger partial charge is 0.496 e. The van der Waals surface area contributed by atoms with E-state index >= 15 is 0 Å². The third kappa shape index (κ3) is 6.14. The quantitative estimate of drug-likeness (QED) is 0.232. The molecule has 0 saturated carbocycles. The van der Waals surface area contributed by atoms with Crippen molar-refractivity contribution in [3.8, 4) is 11.8 Å². The number of rotatable bonds is 12. The Labute approximate surface area is 203 Å². The second-order valence-electron chi connectivity index (χ2n) is 8.24. The zero-order chi connectivity index (χ0) is 24.6. The molecule has 12 nitrogen and oxygen atoms in total. The van der Waals surface area contributed by atoms with E-state index in [-0.39, 0.29) is 11.7 Å². The summed E-state index contributed by atoms with van der Waals surface area (Å²) in [5, 5.41) is 14.7. The first-order valence-electron chi connectivity index (χ1n) is 11.8. The molecule has 3 aromatic rings. The normalized spacial score (nSPS) is 14.2. The molecule has 0 amide bonds. The molecule has 1 fully saturated rings. The van der Waals surface area contributed by atoms with E-state index in [1.807, 2.05) is 4.57 Å². The number of nitro benzene ring substituents is 1. The lowest BCUT2D eigenvalue weighted by Crippen LogP contribution is -2.39. The van der Waals surface area contributed by atoms with Gasteiger partial charge in [-0.05, 0) is 12.5 Å². The topological polar surface area (TPSA) is 130 Å². The molecule has 0 radical (unpaired) electrons. The predicted octanol–water partition coefficient (Wildman–Crippen LogP) is 2.71. The molecule has 3 heterocycles. The number of nitro groups is 1. The molecule has 0 unspecified atom stereocenters. The van der Waals surface area contributed by atoms with Gasteiger partial charge < -0.3 is 24.1 Å². The Hall–Kier alpha value is -3.51. The van der Waals surface area contributed by atoms with Crippen molar-refractivity contribution in [1.29, 1.82) is 0 Å². The van der Waals surface area contributed by atoms with Crippen LogP contribution in [0.3, 0.4) is 0 Å². The van der Waals surface area contributed by atoms with E-state index in [9.17, 15) is 10.1 Å². The predicted molar refractivity (Wildman–Crippen MR) is 130 cm³/mol. The highest BCUT2D eigenvalue weighted by atomic mass is 16.6. The maximum Gasteiger partial charge on any atom is 0.320 e. The average Bonchev–Trinajstić information content (AvgIpc) is 3.27. The summed E-state index contributed by atoms with van der Waals surface area (Å²) >= 11 is 0. The van der Waals surface area contributed by atoms with Crippen molar-refractivity contribution in [1.82, 2.24) is 24.4 Å². The molecule has 0 aliphatic carbocycles. The van der Waals surface area contributed by atoms with Crippen molar-refractivity contribution in [2.75, 3.05) is 58.4 Å². The molecular weight excluding hydrogens is 454 g/mol. The second-order valence-corrected chi connectivity index (χ2v) is 8.24. The van der Waals surface area contributed by atoms with Crippen LogP contribution in [0.25, 0.3) is 11.2 Å². The number of non-ortho nitro benzene ring substituents is 1. The van der Waals surface area contributed by atoms with Crippen molar-refractivity contribution in [2.45, 2.75) is 26.3 Å². The van der Waals surface area contributed by atoms with Gasteiger partial charge in [-0.3, -0.25) is 15.0 Å². The van der Waals surface area contributed by atoms with E-state index in [0.717, 1.165) is 45.7 Å². The molecule has 1 N–H and O–H groups in total. The molecule has 0 spiro atoms. The fraction of sp³-hybridized carbons (Fsp3) is 0.522. The Morgan fingerprint density at radius 2 is 2.09 bits per heavy atom. The number of unbranched alkanes of at least 4 members (excludes halogenated alkanes) is 1. The maximum atomic E-state index is 11.3. The first-order chi connectivity index (χ1) is 17.1. The minimum Gasteiger partial charge on any atom is -0.496 e. The minimum atomic E-state index is -0.423. The summed E-state index contributed by atoms with van der Waals surface area (Å²) in [5.41, 5.74) is 1.83. The molecule has 1 aliphatic heterocycles. The van der Waals surface area contributed by atoms with Gasteiger partial charge in [0.05, 0.1) is 44.7 Å². The molecule has 4 rings (SSSR count). The van der Waals surface area contributed by atoms with Crippen LogP contribution >= 0.6 is 0 Å². The first kappa shape index (κ1) is 24.6. The van der Waals surface area contributed by atoms with Gasteiger partial charge in [0.15, 0.2) is 17.0 Å². The highest BCUT2D eigenvalue weighted by Gasteiger charge is 2.18. The number of fused-ring (bicyclic) bond motifs is 1. The van der Waals surface area contributed by atoms with Crippen LogP contribution in [0, 0.1) is 10.1 Å². The zero-order valence-corrected chi connectivity index (χ0v) is 20.1. The van der Waals surface area contributed by atoms with Crippen LogP contribution in [0.4, 0.5) is 11.5 Å². The summed E-state index contributed by atoms with van der Waals surface area (Å²) < 4.78 is 18.5. The van der Waals surface area contributed by atoms with E-state index < -0.39 is 4.92 Å². The van der Waals surface area contributed by atoms with Gasteiger partial charge in [0, 0.05) is 43.9 Å². The van der Waals surface area contributed by atoms with Gasteiger partial charge in [-0.1, -0.05) is 13.3 Å². The van der Waals surface area contributed by atoms with Crippen molar-refractivity contribution >= 4 is 22.7 Å². The molecule has 35 heavy (non-hydrogen) atoms. The Balaban J connectivity index is 1.61. The van der Waals surface area contributed by atoms with Crippen molar-refractivity contribution < 1.29 is 19.1 Å². The smallest absolute Gasteiger partial charge is 0.320 e. The van der Waals surface area contributed by atoms with Gasteiger partial charge in [-0.25, -0.2) is 4.98 Å². The van der Waals surface area contributed by atoms with Gasteiger partial charge in [0.1, 0.15) is 5.75 Å². The Morgan fingerprint density at radius 1 is 1.26 bits per heavy atom.